The number of amidine groups is 1. The molecule has 1 atom stereocenters. The van der Waals surface area contributed by atoms with Crippen LogP contribution in [0.1, 0.15) is 52.5 Å². The quantitative estimate of drug-likeness (QED) is 0.354. The molecule has 33 heavy (non-hydrogen) atoms. The minimum Gasteiger partial charge on any atom is -0.493 e. The molecule has 5 N–H and O–H groups in total. The van der Waals surface area contributed by atoms with Crippen LogP contribution in [0.2, 0.25) is 0 Å². The van der Waals surface area contributed by atoms with E-state index in [4.69, 9.17) is 10.5 Å². The van der Waals surface area contributed by atoms with E-state index in [0.29, 0.717) is 30.9 Å². The molecule has 0 saturated heterocycles. The normalized spacial score (nSPS) is 16.7. The van der Waals surface area contributed by atoms with Crippen molar-refractivity contribution in [3.63, 3.8) is 0 Å². The van der Waals surface area contributed by atoms with Gasteiger partial charge in [-0.1, -0.05) is 26.8 Å². The molecular formula is C22H33N5O5S. The van der Waals surface area contributed by atoms with Gasteiger partial charge in [0.15, 0.2) is 5.84 Å². The number of aliphatic hydroxyl groups is 1. The summed E-state index contributed by atoms with van der Waals surface area (Å²) in [6.07, 6.45) is 1.78. The number of nitrogens with two attached hydrogens (primary N) is 1. The smallest absolute Gasteiger partial charge is 0.277 e. The minimum absolute atomic E-state index is 0.0555. The lowest BCUT2D eigenvalue weighted by molar-refractivity contribution is -0.118. The van der Waals surface area contributed by atoms with Gasteiger partial charge in [0.1, 0.15) is 11.4 Å². The first-order chi connectivity index (χ1) is 15.6. The molecule has 1 aromatic carbocycles. The molecule has 1 aliphatic heterocycles. The van der Waals surface area contributed by atoms with Gasteiger partial charge in [-0.05, 0) is 44.9 Å². The van der Waals surface area contributed by atoms with E-state index in [-0.39, 0.29) is 34.3 Å². The fourth-order valence-corrected chi connectivity index (χ4v) is 4.54. The molecule has 0 bridgehead atoms. The van der Waals surface area contributed by atoms with Crippen molar-refractivity contribution in [1.29, 1.82) is 0 Å². The van der Waals surface area contributed by atoms with Crippen LogP contribution in [0.15, 0.2) is 51.9 Å². The SMILES string of the molecule is C=C(CCC)N1N=C(c2cc(S(=O)(=O)NC(CC)CO)ccc2OCC)NC(=O)/C1=C(\C)N. The monoisotopic (exact) mass is 479 g/mol. The highest BCUT2D eigenvalue weighted by Crippen LogP contribution is 2.28. The highest BCUT2D eigenvalue weighted by molar-refractivity contribution is 7.89. The molecule has 0 spiro atoms. The van der Waals surface area contributed by atoms with E-state index >= 15 is 0 Å². The highest BCUT2D eigenvalue weighted by Gasteiger charge is 2.31. The molecule has 1 heterocycles. The van der Waals surface area contributed by atoms with Gasteiger partial charge in [-0.25, -0.2) is 18.1 Å². The summed E-state index contributed by atoms with van der Waals surface area (Å²) in [5.74, 6) is -0.0305. The number of hydrogen-bond acceptors (Lipinski definition) is 8. The Morgan fingerprint density at radius 3 is 2.61 bits per heavy atom. The molecule has 11 heteroatoms. The third-order valence-electron chi connectivity index (χ3n) is 4.92. The van der Waals surface area contributed by atoms with Gasteiger partial charge in [0, 0.05) is 17.4 Å². The summed E-state index contributed by atoms with van der Waals surface area (Å²) in [4.78, 5) is 12.8. The second kappa shape index (κ2) is 11.3. The Labute approximate surface area is 195 Å². The molecule has 2 rings (SSSR count). The summed E-state index contributed by atoms with van der Waals surface area (Å²) < 4.78 is 33.9. The van der Waals surface area contributed by atoms with Crippen molar-refractivity contribution < 1.29 is 23.1 Å². The second-order valence-corrected chi connectivity index (χ2v) is 9.28. The number of carbonyl (C=O) groups excluding carboxylic acids is 1. The zero-order valence-corrected chi connectivity index (χ0v) is 20.3. The van der Waals surface area contributed by atoms with Gasteiger partial charge < -0.3 is 20.9 Å². The van der Waals surface area contributed by atoms with Gasteiger partial charge in [-0.15, -0.1) is 5.10 Å². The van der Waals surface area contributed by atoms with E-state index in [1.807, 2.05) is 6.92 Å². The van der Waals surface area contributed by atoms with E-state index in [9.17, 15) is 18.3 Å². The number of ether oxygens (including phenoxy) is 1. The number of amides is 1. The van der Waals surface area contributed by atoms with Crippen molar-refractivity contribution >= 4 is 21.8 Å². The van der Waals surface area contributed by atoms with Gasteiger partial charge in [0.25, 0.3) is 5.91 Å². The molecule has 1 aliphatic rings. The average molecular weight is 480 g/mol. The van der Waals surface area contributed by atoms with Gasteiger partial charge in [0.05, 0.1) is 23.7 Å². The maximum Gasteiger partial charge on any atom is 0.277 e. The maximum absolute atomic E-state index is 12.9. The lowest BCUT2D eigenvalue weighted by Gasteiger charge is -2.30. The van der Waals surface area contributed by atoms with Crippen LogP contribution in [-0.2, 0) is 14.8 Å². The van der Waals surface area contributed by atoms with Crippen molar-refractivity contribution in [2.45, 2.75) is 57.9 Å². The van der Waals surface area contributed by atoms with Gasteiger partial charge in [-0.3, -0.25) is 4.79 Å². The summed E-state index contributed by atoms with van der Waals surface area (Å²) in [6.45, 7) is 11.1. The number of carbonyl (C=O) groups is 1. The van der Waals surface area contributed by atoms with Crippen LogP contribution < -0.4 is 20.5 Å². The zero-order chi connectivity index (χ0) is 24.8. The van der Waals surface area contributed by atoms with Crippen molar-refractivity contribution in [3.05, 3.63) is 47.4 Å². The molecule has 0 aromatic heterocycles. The van der Waals surface area contributed by atoms with Gasteiger partial charge in [-0.2, -0.15) is 0 Å². The van der Waals surface area contributed by atoms with E-state index in [1.54, 1.807) is 20.8 Å². The number of nitrogens with zero attached hydrogens (tertiary/aromatic N) is 2. The third-order valence-corrected chi connectivity index (χ3v) is 6.44. The third kappa shape index (κ3) is 6.12. The Morgan fingerprint density at radius 2 is 2.06 bits per heavy atom. The van der Waals surface area contributed by atoms with Crippen molar-refractivity contribution in [3.8, 4) is 5.75 Å². The molecule has 1 aromatic rings. The summed E-state index contributed by atoms with van der Waals surface area (Å²) in [7, 11) is -3.95. The number of allylic oxidation sites excluding steroid dienone is 2. The molecule has 0 radical (unpaired) electrons. The number of nitrogens with one attached hydrogen (secondary N) is 2. The fourth-order valence-electron chi connectivity index (χ4n) is 3.21. The largest absolute Gasteiger partial charge is 0.493 e. The second-order valence-electron chi connectivity index (χ2n) is 7.56. The molecule has 0 aliphatic carbocycles. The Hall–Kier alpha value is -2.89. The standard InChI is InChI=1S/C22H33N5O5S/c1-6-9-14(4)27-20(15(5)23)22(29)24-21(25-27)18-12-17(10-11-19(18)32-8-3)33(30,31)26-16(7-2)13-28/h10-12,16,26,28H,4,6-9,13,23H2,1-3,5H3,(H,24,25,29)/b20-15-. The van der Waals surface area contributed by atoms with Crippen molar-refractivity contribution in [1.82, 2.24) is 15.0 Å². The molecule has 0 saturated carbocycles. The average Bonchev–Trinajstić information content (AvgIpc) is 2.77. The number of sulfonamides is 1. The highest BCUT2D eigenvalue weighted by atomic mass is 32.2. The Morgan fingerprint density at radius 1 is 1.36 bits per heavy atom. The van der Waals surface area contributed by atoms with Crippen LogP contribution in [0.5, 0.6) is 5.75 Å². The minimum atomic E-state index is -3.95. The molecule has 1 amide bonds. The van der Waals surface area contributed by atoms with Crippen LogP contribution >= 0.6 is 0 Å². The number of hydrazone groups is 1. The number of hydrogen-bond donors (Lipinski definition) is 4. The van der Waals surface area contributed by atoms with Crippen LogP contribution in [0.4, 0.5) is 0 Å². The molecular weight excluding hydrogens is 446 g/mol. The predicted octanol–water partition coefficient (Wildman–Crippen LogP) is 1.73. The number of aliphatic hydroxyl groups excluding tert-OH is 1. The van der Waals surface area contributed by atoms with Crippen LogP contribution in [0.3, 0.4) is 0 Å². The number of benzene rings is 1. The molecule has 0 fully saturated rings. The maximum atomic E-state index is 12.9. The van der Waals surface area contributed by atoms with Crippen LogP contribution in [0, 0.1) is 0 Å². The van der Waals surface area contributed by atoms with Crippen LogP contribution in [-0.4, -0.2) is 49.5 Å². The first kappa shape index (κ1) is 26.4. The lowest BCUT2D eigenvalue weighted by Crippen LogP contribution is -2.44. The van der Waals surface area contributed by atoms with Crippen molar-refractivity contribution in [2.24, 2.45) is 10.8 Å². The Kier molecular flexibility index (Phi) is 9.03. The first-order valence-corrected chi connectivity index (χ1v) is 12.3. The first-order valence-electron chi connectivity index (χ1n) is 10.8. The summed E-state index contributed by atoms with van der Waals surface area (Å²) in [6, 6.07) is 3.66. The summed E-state index contributed by atoms with van der Waals surface area (Å²) >= 11 is 0. The molecule has 10 nitrogen and oxygen atoms in total. The fraction of sp³-hybridized carbons (Fsp3) is 0.455. The number of rotatable bonds is 11. The van der Waals surface area contributed by atoms with Crippen LogP contribution in [0.25, 0.3) is 0 Å². The van der Waals surface area contributed by atoms with Crippen molar-refractivity contribution in [2.75, 3.05) is 13.2 Å². The predicted molar refractivity (Wildman–Crippen MR) is 127 cm³/mol. The van der Waals surface area contributed by atoms with E-state index in [1.165, 1.54) is 23.2 Å². The lowest BCUT2D eigenvalue weighted by atomic mass is 10.1. The van der Waals surface area contributed by atoms with E-state index in [0.717, 1.165) is 6.42 Å². The molecule has 182 valence electrons. The zero-order valence-electron chi connectivity index (χ0n) is 19.5. The van der Waals surface area contributed by atoms with Gasteiger partial charge >= 0.3 is 0 Å². The van der Waals surface area contributed by atoms with E-state index < -0.39 is 22.0 Å². The Balaban J connectivity index is 2.64. The molecule has 1 unspecified atom stereocenters. The van der Waals surface area contributed by atoms with Gasteiger partial charge in [0.2, 0.25) is 10.0 Å². The van der Waals surface area contributed by atoms with E-state index in [2.05, 4.69) is 21.7 Å². The summed E-state index contributed by atoms with van der Waals surface area (Å²) in [5.41, 5.74) is 7.22. The Bertz CT molecular complexity index is 1060. The topological polar surface area (TPSA) is 146 Å². The summed E-state index contributed by atoms with van der Waals surface area (Å²) in [5, 5.41) is 18.0.